The SMILES string of the molecule is CC(C)CC(=O)C(=O)[C@@]12OCO[C@@H]1CC1C3C[C@H](C)C4=CC(=O)CCC4(C)[C@@]3(C)C(O)CC12C. The summed E-state index contributed by atoms with van der Waals surface area (Å²) in [5.74, 6) is -0.161. The summed E-state index contributed by atoms with van der Waals surface area (Å²) in [7, 11) is 0. The number of Topliss-reactive ketones (excluding diaryl/α,β-unsaturated/α-hetero) is 2. The average Bonchev–Trinajstić information content (AvgIpc) is 3.28. The van der Waals surface area contributed by atoms with E-state index in [9.17, 15) is 19.5 Å². The van der Waals surface area contributed by atoms with Gasteiger partial charge in [-0.2, -0.15) is 0 Å². The first kappa shape index (κ1) is 24.3. The minimum Gasteiger partial charge on any atom is -0.392 e. The van der Waals surface area contributed by atoms with Crippen molar-refractivity contribution >= 4 is 17.3 Å². The maximum absolute atomic E-state index is 13.8. The minimum absolute atomic E-state index is 0.00875. The molecule has 0 radical (unpaired) electrons. The molecule has 0 amide bonds. The Hall–Kier alpha value is -1.37. The molecular formula is C28H40O6. The van der Waals surface area contributed by atoms with E-state index in [2.05, 4.69) is 27.7 Å². The molecule has 5 rings (SSSR count). The van der Waals surface area contributed by atoms with Crippen molar-refractivity contribution in [2.45, 2.75) is 97.9 Å². The summed E-state index contributed by atoms with van der Waals surface area (Å²) in [5, 5.41) is 11.9. The summed E-state index contributed by atoms with van der Waals surface area (Å²) in [4.78, 5) is 39.2. The quantitative estimate of drug-likeness (QED) is 0.622. The molecule has 5 unspecified atom stereocenters. The molecular weight excluding hydrogens is 432 g/mol. The summed E-state index contributed by atoms with van der Waals surface area (Å²) in [6.07, 6.45) is 4.03. The predicted molar refractivity (Wildman–Crippen MR) is 126 cm³/mol. The molecule has 0 aromatic carbocycles. The van der Waals surface area contributed by atoms with E-state index in [1.54, 1.807) is 0 Å². The van der Waals surface area contributed by atoms with Gasteiger partial charge in [-0.25, -0.2) is 0 Å². The molecule has 9 atom stereocenters. The third-order valence-electron chi connectivity index (χ3n) is 11.0. The standard InChI is InChI=1S/C28H40O6/c1-15(2)9-21(30)24(32)28-23(33-14-34-28)12-19-20-10-16(3)18-11-17(29)7-8-25(18,4)27(20,6)22(31)13-26(19,28)5/h11,15-16,19-20,22-23,31H,7-10,12-14H2,1-6H3/t16-,19?,20?,22?,23+,25?,26?,27+,28-/m0/s1. The second kappa shape index (κ2) is 7.57. The van der Waals surface area contributed by atoms with E-state index in [1.807, 2.05) is 19.9 Å². The second-order valence-corrected chi connectivity index (χ2v) is 12.9. The topological polar surface area (TPSA) is 89.9 Å². The molecule has 6 heteroatoms. The van der Waals surface area contributed by atoms with Crippen LogP contribution in [0.25, 0.3) is 0 Å². The van der Waals surface area contributed by atoms with E-state index in [0.717, 1.165) is 12.8 Å². The Morgan fingerprint density at radius 1 is 1.18 bits per heavy atom. The fourth-order valence-electron chi connectivity index (χ4n) is 9.17. The van der Waals surface area contributed by atoms with Gasteiger partial charge in [-0.3, -0.25) is 14.4 Å². The van der Waals surface area contributed by atoms with E-state index < -0.39 is 40.2 Å². The Morgan fingerprint density at radius 3 is 2.56 bits per heavy atom. The Morgan fingerprint density at radius 2 is 1.88 bits per heavy atom. The fourth-order valence-corrected chi connectivity index (χ4v) is 9.17. The number of ether oxygens (including phenoxy) is 2. The number of hydrogen-bond donors (Lipinski definition) is 1. The summed E-state index contributed by atoms with van der Waals surface area (Å²) < 4.78 is 12.2. The van der Waals surface area contributed by atoms with Gasteiger partial charge >= 0.3 is 0 Å². The highest BCUT2D eigenvalue weighted by molar-refractivity contribution is 6.40. The molecule has 4 fully saturated rings. The summed E-state index contributed by atoms with van der Waals surface area (Å²) >= 11 is 0. The first-order valence-electron chi connectivity index (χ1n) is 13.1. The molecule has 5 aliphatic rings. The largest absolute Gasteiger partial charge is 0.392 e. The predicted octanol–water partition coefficient (Wildman–Crippen LogP) is 4.03. The number of carbonyl (C=O) groups excluding carboxylic acids is 3. The van der Waals surface area contributed by atoms with Crippen molar-refractivity contribution in [2.75, 3.05) is 6.79 Å². The molecule has 34 heavy (non-hydrogen) atoms. The van der Waals surface area contributed by atoms with Gasteiger partial charge in [0.1, 0.15) is 6.79 Å². The van der Waals surface area contributed by atoms with Crippen molar-refractivity contribution < 1.29 is 29.0 Å². The molecule has 0 bridgehead atoms. The van der Waals surface area contributed by atoms with Gasteiger partial charge in [-0.15, -0.1) is 0 Å². The highest BCUT2D eigenvalue weighted by Crippen LogP contribution is 2.74. The lowest BCUT2D eigenvalue weighted by Crippen LogP contribution is -2.68. The van der Waals surface area contributed by atoms with Crippen LogP contribution in [0.2, 0.25) is 0 Å². The van der Waals surface area contributed by atoms with E-state index >= 15 is 0 Å². The molecule has 1 heterocycles. The van der Waals surface area contributed by atoms with Crippen molar-refractivity contribution in [1.29, 1.82) is 0 Å². The van der Waals surface area contributed by atoms with Crippen molar-refractivity contribution in [1.82, 2.24) is 0 Å². The van der Waals surface area contributed by atoms with E-state index in [4.69, 9.17) is 9.47 Å². The van der Waals surface area contributed by atoms with Gasteiger partial charge in [0.25, 0.3) is 0 Å². The fraction of sp³-hybridized carbons (Fsp3) is 0.821. The Labute approximate surface area is 202 Å². The zero-order valence-electron chi connectivity index (χ0n) is 21.5. The third-order valence-corrected chi connectivity index (χ3v) is 11.0. The average molecular weight is 473 g/mol. The molecule has 4 aliphatic carbocycles. The molecule has 3 saturated carbocycles. The summed E-state index contributed by atoms with van der Waals surface area (Å²) in [6.45, 7) is 12.6. The zero-order valence-corrected chi connectivity index (χ0v) is 21.5. The number of ketones is 3. The molecule has 0 spiro atoms. The Bertz CT molecular complexity index is 968. The van der Waals surface area contributed by atoms with Crippen LogP contribution in [0.15, 0.2) is 11.6 Å². The monoisotopic (exact) mass is 472 g/mol. The summed E-state index contributed by atoms with van der Waals surface area (Å²) in [5.41, 5.74) is -1.55. The van der Waals surface area contributed by atoms with Crippen LogP contribution in [0.1, 0.15) is 80.1 Å². The number of rotatable bonds is 4. The number of carbonyl (C=O) groups is 3. The Balaban J connectivity index is 1.60. The van der Waals surface area contributed by atoms with Crippen molar-refractivity contribution in [2.24, 2.45) is 39.9 Å². The van der Waals surface area contributed by atoms with Crippen LogP contribution in [0.5, 0.6) is 0 Å². The molecule has 1 N–H and O–H groups in total. The maximum Gasteiger partial charge on any atom is 0.233 e. The van der Waals surface area contributed by atoms with Crippen LogP contribution in [0.4, 0.5) is 0 Å². The molecule has 6 nitrogen and oxygen atoms in total. The van der Waals surface area contributed by atoms with Crippen molar-refractivity contribution in [3.63, 3.8) is 0 Å². The number of allylic oxidation sites excluding steroid dienone is 1. The van der Waals surface area contributed by atoms with Crippen LogP contribution in [-0.4, -0.2) is 47.1 Å². The summed E-state index contributed by atoms with van der Waals surface area (Å²) in [6, 6.07) is 0. The van der Waals surface area contributed by atoms with E-state index in [-0.39, 0.29) is 48.1 Å². The molecule has 1 aliphatic heterocycles. The van der Waals surface area contributed by atoms with Crippen LogP contribution in [-0.2, 0) is 23.9 Å². The van der Waals surface area contributed by atoms with Gasteiger partial charge in [-0.1, -0.05) is 47.1 Å². The van der Waals surface area contributed by atoms with Crippen LogP contribution < -0.4 is 0 Å². The lowest BCUT2D eigenvalue weighted by molar-refractivity contribution is -0.222. The third kappa shape index (κ3) is 2.76. The number of aliphatic hydroxyl groups is 1. The number of aliphatic hydroxyl groups excluding tert-OH is 1. The number of fused-ring (bicyclic) bond motifs is 7. The normalized spacial score (nSPS) is 49.7. The minimum atomic E-state index is -1.32. The van der Waals surface area contributed by atoms with E-state index in [1.165, 1.54) is 5.57 Å². The molecule has 188 valence electrons. The van der Waals surface area contributed by atoms with Gasteiger partial charge in [0.15, 0.2) is 11.4 Å². The molecule has 0 aromatic heterocycles. The highest BCUT2D eigenvalue weighted by atomic mass is 16.7. The van der Waals surface area contributed by atoms with Gasteiger partial charge in [0, 0.05) is 23.7 Å². The van der Waals surface area contributed by atoms with Gasteiger partial charge in [-0.05, 0) is 60.8 Å². The lowest BCUT2D eigenvalue weighted by atomic mass is 9.37. The van der Waals surface area contributed by atoms with Crippen molar-refractivity contribution in [3.05, 3.63) is 11.6 Å². The first-order chi connectivity index (χ1) is 15.8. The highest BCUT2D eigenvalue weighted by Gasteiger charge is 2.78. The zero-order chi connectivity index (χ0) is 24.8. The lowest BCUT2D eigenvalue weighted by Gasteiger charge is -2.67. The maximum atomic E-state index is 13.8. The molecule has 1 saturated heterocycles. The van der Waals surface area contributed by atoms with Crippen LogP contribution >= 0.6 is 0 Å². The van der Waals surface area contributed by atoms with Crippen LogP contribution in [0, 0.1) is 39.9 Å². The van der Waals surface area contributed by atoms with Gasteiger partial charge in [0.2, 0.25) is 11.6 Å². The van der Waals surface area contributed by atoms with Crippen molar-refractivity contribution in [3.8, 4) is 0 Å². The van der Waals surface area contributed by atoms with Gasteiger partial charge in [0.05, 0.1) is 12.2 Å². The first-order valence-corrected chi connectivity index (χ1v) is 13.1. The second-order valence-electron chi connectivity index (χ2n) is 12.9. The van der Waals surface area contributed by atoms with Crippen LogP contribution in [0.3, 0.4) is 0 Å². The number of hydrogen-bond acceptors (Lipinski definition) is 6. The Kier molecular flexibility index (Phi) is 5.41. The molecule has 0 aromatic rings. The smallest absolute Gasteiger partial charge is 0.233 e. The van der Waals surface area contributed by atoms with Gasteiger partial charge < -0.3 is 14.6 Å². The van der Waals surface area contributed by atoms with E-state index in [0.29, 0.717) is 19.3 Å².